The van der Waals surface area contributed by atoms with Crippen LogP contribution in [0, 0.1) is 5.92 Å². The van der Waals surface area contributed by atoms with Crippen molar-refractivity contribution in [3.63, 3.8) is 0 Å². The van der Waals surface area contributed by atoms with Gasteiger partial charge >= 0.3 is 0 Å². The molecule has 0 spiro atoms. The summed E-state index contributed by atoms with van der Waals surface area (Å²) in [6.45, 7) is 3.60. The molecule has 1 aromatic carbocycles. The molecule has 0 radical (unpaired) electrons. The number of hydrogen-bond donors (Lipinski definition) is 1. The molecule has 0 saturated carbocycles. The summed E-state index contributed by atoms with van der Waals surface area (Å²) in [7, 11) is 0. The predicted molar refractivity (Wildman–Crippen MR) is 92.8 cm³/mol. The Kier molecular flexibility index (Phi) is 5.30. The molecule has 1 unspecified atom stereocenters. The Morgan fingerprint density at radius 2 is 1.90 bits per heavy atom. The van der Waals surface area contributed by atoms with E-state index in [0.29, 0.717) is 0 Å². The van der Waals surface area contributed by atoms with Crippen molar-refractivity contribution < 1.29 is 0 Å². The molecule has 1 aromatic rings. The molecule has 1 atom stereocenters. The number of thioether (sulfide) groups is 1. The Morgan fingerprint density at radius 3 is 2.65 bits per heavy atom. The summed E-state index contributed by atoms with van der Waals surface area (Å²) in [6.07, 6.45) is 4.03. The van der Waals surface area contributed by atoms with Gasteiger partial charge in [0.15, 0.2) is 0 Å². The number of halogens is 1. The van der Waals surface area contributed by atoms with Crippen molar-refractivity contribution in [2.75, 3.05) is 36.0 Å². The van der Waals surface area contributed by atoms with Gasteiger partial charge in [-0.05, 0) is 67.5 Å². The van der Waals surface area contributed by atoms with Crippen molar-refractivity contribution in [2.45, 2.75) is 25.3 Å². The lowest BCUT2D eigenvalue weighted by atomic mass is 10.1. The van der Waals surface area contributed by atoms with Crippen LogP contribution in [0.2, 0.25) is 0 Å². The van der Waals surface area contributed by atoms with E-state index in [2.05, 4.69) is 62.2 Å². The lowest BCUT2D eigenvalue weighted by Gasteiger charge is -2.24. The van der Waals surface area contributed by atoms with Crippen LogP contribution in [0.5, 0.6) is 0 Å². The van der Waals surface area contributed by atoms with Crippen molar-refractivity contribution in [2.24, 2.45) is 5.92 Å². The molecule has 2 nitrogen and oxygen atoms in total. The Bertz CT molecular complexity index is 417. The second-order valence-corrected chi connectivity index (χ2v) is 8.01. The van der Waals surface area contributed by atoms with Crippen LogP contribution in [0.3, 0.4) is 0 Å². The molecule has 2 saturated heterocycles. The van der Waals surface area contributed by atoms with Crippen LogP contribution in [0.4, 0.5) is 5.69 Å². The molecule has 2 aliphatic rings. The maximum absolute atomic E-state index is 3.80. The third kappa shape index (κ3) is 3.92. The molecule has 0 aliphatic carbocycles. The van der Waals surface area contributed by atoms with E-state index in [0.717, 1.165) is 16.4 Å². The van der Waals surface area contributed by atoms with Crippen molar-refractivity contribution in [3.05, 3.63) is 28.7 Å². The van der Waals surface area contributed by atoms with Crippen molar-refractivity contribution >= 4 is 33.4 Å². The van der Waals surface area contributed by atoms with Gasteiger partial charge in [-0.25, -0.2) is 0 Å². The Balaban J connectivity index is 1.45. The minimum absolute atomic E-state index is 0.776. The molecule has 1 N–H and O–H groups in total. The van der Waals surface area contributed by atoms with Crippen molar-refractivity contribution in [1.29, 1.82) is 0 Å². The van der Waals surface area contributed by atoms with Crippen molar-refractivity contribution in [1.82, 2.24) is 5.32 Å². The SMILES string of the molecule is Brc1ccc(N2CCC(CNC3CCSCC3)C2)cc1. The second-order valence-electron chi connectivity index (χ2n) is 5.87. The highest BCUT2D eigenvalue weighted by Gasteiger charge is 2.23. The van der Waals surface area contributed by atoms with Gasteiger partial charge in [0.1, 0.15) is 0 Å². The first kappa shape index (κ1) is 14.7. The quantitative estimate of drug-likeness (QED) is 0.885. The summed E-state index contributed by atoms with van der Waals surface area (Å²) in [5, 5.41) is 3.80. The number of anilines is 1. The zero-order valence-electron chi connectivity index (χ0n) is 11.9. The Morgan fingerprint density at radius 1 is 1.15 bits per heavy atom. The van der Waals surface area contributed by atoms with E-state index in [1.54, 1.807) is 0 Å². The molecular weight excluding hydrogens is 332 g/mol. The topological polar surface area (TPSA) is 15.3 Å². The van der Waals surface area contributed by atoms with Crippen LogP contribution < -0.4 is 10.2 Å². The molecular formula is C16H23BrN2S. The predicted octanol–water partition coefficient (Wildman–Crippen LogP) is 3.76. The van der Waals surface area contributed by atoms with E-state index in [9.17, 15) is 0 Å². The Labute approximate surface area is 134 Å². The lowest BCUT2D eigenvalue weighted by Crippen LogP contribution is -2.36. The van der Waals surface area contributed by atoms with Gasteiger partial charge in [-0.3, -0.25) is 0 Å². The van der Waals surface area contributed by atoms with E-state index < -0.39 is 0 Å². The monoisotopic (exact) mass is 354 g/mol. The first-order chi connectivity index (χ1) is 9.81. The maximum atomic E-state index is 3.80. The number of rotatable bonds is 4. The summed E-state index contributed by atoms with van der Waals surface area (Å²) in [5.74, 6) is 3.49. The average molecular weight is 355 g/mol. The maximum Gasteiger partial charge on any atom is 0.0367 e. The zero-order valence-corrected chi connectivity index (χ0v) is 14.3. The van der Waals surface area contributed by atoms with Gasteiger partial charge in [0, 0.05) is 29.3 Å². The fraction of sp³-hybridized carbons (Fsp3) is 0.625. The fourth-order valence-corrected chi connectivity index (χ4v) is 4.49. The van der Waals surface area contributed by atoms with Crippen molar-refractivity contribution in [3.8, 4) is 0 Å². The van der Waals surface area contributed by atoms with Crippen LogP contribution >= 0.6 is 27.7 Å². The summed E-state index contributed by atoms with van der Waals surface area (Å²) in [5.41, 5.74) is 1.37. The fourth-order valence-electron chi connectivity index (χ4n) is 3.12. The van der Waals surface area contributed by atoms with Crippen LogP contribution in [-0.4, -0.2) is 37.2 Å². The van der Waals surface area contributed by atoms with Gasteiger partial charge in [0.2, 0.25) is 0 Å². The minimum Gasteiger partial charge on any atom is -0.371 e. The van der Waals surface area contributed by atoms with Gasteiger partial charge in [0.25, 0.3) is 0 Å². The van der Waals surface area contributed by atoms with Gasteiger partial charge in [-0.15, -0.1) is 0 Å². The van der Waals surface area contributed by atoms with E-state index in [1.165, 1.54) is 56.1 Å². The lowest BCUT2D eigenvalue weighted by molar-refractivity contribution is 0.428. The first-order valence-corrected chi connectivity index (χ1v) is 9.57. The summed E-state index contributed by atoms with van der Waals surface area (Å²) >= 11 is 5.61. The molecule has 0 bridgehead atoms. The number of nitrogens with zero attached hydrogens (tertiary/aromatic N) is 1. The molecule has 20 heavy (non-hydrogen) atoms. The van der Waals surface area contributed by atoms with Gasteiger partial charge < -0.3 is 10.2 Å². The molecule has 2 aliphatic heterocycles. The highest BCUT2D eigenvalue weighted by atomic mass is 79.9. The third-order valence-electron chi connectivity index (χ3n) is 4.39. The first-order valence-electron chi connectivity index (χ1n) is 7.63. The van der Waals surface area contributed by atoms with Crippen LogP contribution in [-0.2, 0) is 0 Å². The molecule has 0 amide bonds. The molecule has 2 fully saturated rings. The van der Waals surface area contributed by atoms with E-state index in [4.69, 9.17) is 0 Å². The number of benzene rings is 1. The molecule has 4 heteroatoms. The highest BCUT2D eigenvalue weighted by Crippen LogP contribution is 2.25. The molecule has 110 valence electrons. The third-order valence-corrected chi connectivity index (χ3v) is 5.97. The summed E-state index contributed by atoms with van der Waals surface area (Å²) in [6, 6.07) is 9.50. The van der Waals surface area contributed by atoms with Crippen LogP contribution in [0.25, 0.3) is 0 Å². The largest absolute Gasteiger partial charge is 0.371 e. The van der Waals surface area contributed by atoms with E-state index >= 15 is 0 Å². The Hall–Kier alpha value is -0.190. The van der Waals surface area contributed by atoms with E-state index in [-0.39, 0.29) is 0 Å². The summed E-state index contributed by atoms with van der Waals surface area (Å²) in [4.78, 5) is 2.52. The van der Waals surface area contributed by atoms with Gasteiger partial charge in [0.05, 0.1) is 0 Å². The normalized spacial score (nSPS) is 24.2. The highest BCUT2D eigenvalue weighted by molar-refractivity contribution is 9.10. The van der Waals surface area contributed by atoms with Gasteiger partial charge in [-0.2, -0.15) is 11.8 Å². The zero-order chi connectivity index (χ0) is 13.8. The minimum atomic E-state index is 0.776. The average Bonchev–Trinajstić information content (AvgIpc) is 2.96. The molecule has 0 aromatic heterocycles. The second kappa shape index (κ2) is 7.19. The van der Waals surface area contributed by atoms with Crippen LogP contribution in [0.15, 0.2) is 28.7 Å². The van der Waals surface area contributed by atoms with E-state index in [1.807, 2.05) is 0 Å². The van der Waals surface area contributed by atoms with Gasteiger partial charge in [-0.1, -0.05) is 15.9 Å². The standard InChI is InChI=1S/C16H23BrN2S/c17-14-1-3-16(4-2-14)19-8-5-13(12-19)11-18-15-6-9-20-10-7-15/h1-4,13,15,18H,5-12H2. The molecule has 3 rings (SSSR count). The molecule has 2 heterocycles. The summed E-state index contributed by atoms with van der Waals surface area (Å²) < 4.78 is 1.16. The number of nitrogens with one attached hydrogen (secondary N) is 1. The number of hydrogen-bond acceptors (Lipinski definition) is 3. The smallest absolute Gasteiger partial charge is 0.0367 e. The van der Waals surface area contributed by atoms with Crippen LogP contribution in [0.1, 0.15) is 19.3 Å².